The zero-order valence-electron chi connectivity index (χ0n) is 16.3. The summed E-state index contributed by atoms with van der Waals surface area (Å²) >= 11 is 1.73. The third kappa shape index (κ3) is 6.98. The average molecular weight is 386 g/mol. The highest BCUT2D eigenvalue weighted by Crippen LogP contribution is 2.20. The van der Waals surface area contributed by atoms with Gasteiger partial charge in [0.05, 0.1) is 6.04 Å². The van der Waals surface area contributed by atoms with E-state index in [0.29, 0.717) is 6.54 Å². The molecule has 0 aliphatic rings. The van der Waals surface area contributed by atoms with Gasteiger partial charge in [-0.15, -0.1) is 11.8 Å². The summed E-state index contributed by atoms with van der Waals surface area (Å²) in [7, 11) is 0. The zero-order valence-corrected chi connectivity index (χ0v) is 17.1. The molecule has 0 fully saturated rings. The summed E-state index contributed by atoms with van der Waals surface area (Å²) in [4.78, 5) is 24.5. The molecule has 144 valence electrons. The Morgan fingerprint density at radius 2 is 1.85 bits per heavy atom. The minimum absolute atomic E-state index is 0.119. The van der Waals surface area contributed by atoms with Crippen LogP contribution in [0.15, 0.2) is 47.4 Å². The Labute approximate surface area is 165 Å². The minimum Gasteiger partial charge on any atom is -0.337 e. The first-order chi connectivity index (χ1) is 12.8. The molecule has 3 N–H and O–H groups in total. The zero-order chi connectivity index (χ0) is 19.8. The first-order valence-corrected chi connectivity index (χ1v) is 9.95. The minimum atomic E-state index is -0.201. The molecule has 0 saturated heterocycles. The van der Waals surface area contributed by atoms with Gasteiger partial charge in [-0.3, -0.25) is 4.79 Å². The maximum Gasteiger partial charge on any atom is 0.315 e. The monoisotopic (exact) mass is 385 g/mol. The lowest BCUT2D eigenvalue weighted by molar-refractivity contribution is -0.114. The summed E-state index contributed by atoms with van der Waals surface area (Å²) in [5.41, 5.74) is 4.22. The number of hydrogen-bond acceptors (Lipinski definition) is 3. The van der Waals surface area contributed by atoms with E-state index in [1.165, 1.54) is 22.9 Å². The summed E-state index contributed by atoms with van der Waals surface area (Å²) in [6.45, 7) is 8.17. The summed E-state index contributed by atoms with van der Waals surface area (Å²) in [5.74, 6) is 0.689. The third-order valence-electron chi connectivity index (χ3n) is 4.19. The van der Waals surface area contributed by atoms with Crippen molar-refractivity contribution >= 4 is 29.4 Å². The number of hydrogen-bond donors (Lipinski definition) is 3. The molecule has 6 heteroatoms. The molecule has 0 radical (unpaired) electrons. The molecule has 0 unspecified atom stereocenters. The summed E-state index contributed by atoms with van der Waals surface area (Å²) < 4.78 is 0. The second kappa shape index (κ2) is 10.0. The average Bonchev–Trinajstić information content (AvgIpc) is 2.61. The van der Waals surface area contributed by atoms with Crippen LogP contribution in [0.2, 0.25) is 0 Å². The van der Waals surface area contributed by atoms with Gasteiger partial charge < -0.3 is 16.0 Å². The van der Waals surface area contributed by atoms with Gasteiger partial charge in [0, 0.05) is 29.8 Å². The smallest absolute Gasteiger partial charge is 0.315 e. The van der Waals surface area contributed by atoms with Crippen molar-refractivity contribution in [3.05, 3.63) is 59.2 Å². The molecule has 2 aromatic rings. The maximum absolute atomic E-state index is 12.1. The molecular weight excluding hydrogens is 358 g/mol. The summed E-state index contributed by atoms with van der Waals surface area (Å²) in [6, 6.07) is 13.5. The van der Waals surface area contributed by atoms with Gasteiger partial charge in [-0.05, 0) is 61.7 Å². The molecule has 0 aliphatic heterocycles. The molecule has 27 heavy (non-hydrogen) atoms. The molecule has 0 aromatic heterocycles. The van der Waals surface area contributed by atoms with Crippen LogP contribution >= 0.6 is 11.8 Å². The quantitative estimate of drug-likeness (QED) is 0.488. The van der Waals surface area contributed by atoms with Crippen molar-refractivity contribution in [2.45, 2.75) is 38.6 Å². The van der Waals surface area contributed by atoms with E-state index in [9.17, 15) is 9.59 Å². The first kappa shape index (κ1) is 20.8. The van der Waals surface area contributed by atoms with E-state index in [1.54, 1.807) is 11.8 Å². The second-order valence-electron chi connectivity index (χ2n) is 6.52. The van der Waals surface area contributed by atoms with Crippen LogP contribution in [0, 0.1) is 13.8 Å². The van der Waals surface area contributed by atoms with Crippen LogP contribution in [0.4, 0.5) is 10.5 Å². The van der Waals surface area contributed by atoms with Gasteiger partial charge in [-0.2, -0.15) is 0 Å². The molecular formula is C21H27N3O2S. The van der Waals surface area contributed by atoms with E-state index >= 15 is 0 Å². The number of rotatable bonds is 7. The number of benzene rings is 2. The summed E-state index contributed by atoms with van der Waals surface area (Å²) in [5, 5.41) is 8.55. The fraction of sp³-hybridized carbons (Fsp3) is 0.333. The SMILES string of the molecule is CC(=O)Nc1cccc([C@@H](C)NC(=O)NCCSc2ccc(C)c(C)c2)c1. The van der Waals surface area contributed by atoms with Crippen molar-refractivity contribution in [3.63, 3.8) is 0 Å². The molecule has 0 aliphatic carbocycles. The van der Waals surface area contributed by atoms with Crippen molar-refractivity contribution < 1.29 is 9.59 Å². The fourth-order valence-electron chi connectivity index (χ4n) is 2.56. The van der Waals surface area contributed by atoms with Crippen LogP contribution in [0.25, 0.3) is 0 Å². The number of carbonyl (C=O) groups is 2. The lowest BCUT2D eigenvalue weighted by Gasteiger charge is -2.16. The van der Waals surface area contributed by atoms with E-state index in [1.807, 2.05) is 31.2 Å². The Morgan fingerprint density at radius 1 is 1.07 bits per heavy atom. The van der Waals surface area contributed by atoms with Crippen LogP contribution in [0.1, 0.15) is 36.6 Å². The van der Waals surface area contributed by atoms with Crippen molar-refractivity contribution in [2.75, 3.05) is 17.6 Å². The highest BCUT2D eigenvalue weighted by Gasteiger charge is 2.10. The largest absolute Gasteiger partial charge is 0.337 e. The normalized spacial score (nSPS) is 11.6. The Balaban J connectivity index is 1.76. The number of aryl methyl sites for hydroxylation is 2. The predicted molar refractivity (Wildman–Crippen MR) is 112 cm³/mol. The lowest BCUT2D eigenvalue weighted by atomic mass is 10.1. The van der Waals surface area contributed by atoms with Crippen LogP contribution in [0.5, 0.6) is 0 Å². The van der Waals surface area contributed by atoms with E-state index in [-0.39, 0.29) is 18.0 Å². The lowest BCUT2D eigenvalue weighted by Crippen LogP contribution is -2.38. The highest BCUT2D eigenvalue weighted by molar-refractivity contribution is 7.99. The first-order valence-electron chi connectivity index (χ1n) is 8.97. The molecule has 3 amide bonds. The van der Waals surface area contributed by atoms with Gasteiger partial charge in [0.1, 0.15) is 0 Å². The number of amides is 3. The van der Waals surface area contributed by atoms with Crippen LogP contribution < -0.4 is 16.0 Å². The van der Waals surface area contributed by atoms with E-state index in [2.05, 4.69) is 48.0 Å². The van der Waals surface area contributed by atoms with Crippen LogP contribution in [-0.4, -0.2) is 24.2 Å². The van der Waals surface area contributed by atoms with E-state index in [4.69, 9.17) is 0 Å². The molecule has 1 atom stereocenters. The van der Waals surface area contributed by atoms with Gasteiger partial charge in [-0.1, -0.05) is 18.2 Å². The van der Waals surface area contributed by atoms with Crippen LogP contribution in [-0.2, 0) is 4.79 Å². The fourth-order valence-corrected chi connectivity index (χ4v) is 3.42. The van der Waals surface area contributed by atoms with Crippen LogP contribution in [0.3, 0.4) is 0 Å². The molecule has 2 aromatic carbocycles. The maximum atomic E-state index is 12.1. The van der Waals surface area contributed by atoms with E-state index in [0.717, 1.165) is 17.0 Å². The second-order valence-corrected chi connectivity index (χ2v) is 7.69. The molecule has 0 bridgehead atoms. The molecule has 0 heterocycles. The van der Waals surface area contributed by atoms with Gasteiger partial charge in [-0.25, -0.2) is 4.79 Å². The molecule has 2 rings (SSSR count). The van der Waals surface area contributed by atoms with Gasteiger partial charge in [0.2, 0.25) is 5.91 Å². The van der Waals surface area contributed by atoms with Gasteiger partial charge >= 0.3 is 6.03 Å². The van der Waals surface area contributed by atoms with Crippen molar-refractivity contribution in [1.82, 2.24) is 10.6 Å². The molecule has 5 nitrogen and oxygen atoms in total. The standard InChI is InChI=1S/C21H27N3O2S/c1-14-8-9-20(12-15(14)2)27-11-10-22-21(26)23-16(3)18-6-5-7-19(13-18)24-17(4)25/h5-9,12-13,16H,10-11H2,1-4H3,(H,24,25)(H2,22,23,26)/t16-/m1/s1. The molecule has 0 spiro atoms. The van der Waals surface area contributed by atoms with Crippen molar-refractivity contribution in [1.29, 1.82) is 0 Å². The Kier molecular flexibility index (Phi) is 7.73. The van der Waals surface area contributed by atoms with E-state index < -0.39 is 0 Å². The number of carbonyl (C=O) groups excluding carboxylic acids is 2. The Bertz CT molecular complexity index is 808. The van der Waals surface area contributed by atoms with Gasteiger partial charge in [0.15, 0.2) is 0 Å². The molecule has 0 saturated carbocycles. The Hall–Kier alpha value is -2.47. The number of thioether (sulfide) groups is 1. The number of anilines is 1. The summed E-state index contributed by atoms with van der Waals surface area (Å²) in [6.07, 6.45) is 0. The van der Waals surface area contributed by atoms with Crippen molar-refractivity contribution in [3.8, 4) is 0 Å². The number of nitrogens with one attached hydrogen (secondary N) is 3. The van der Waals surface area contributed by atoms with Gasteiger partial charge in [0.25, 0.3) is 0 Å². The predicted octanol–water partition coefficient (Wildman–Crippen LogP) is 4.41. The topological polar surface area (TPSA) is 70.2 Å². The van der Waals surface area contributed by atoms with Crippen molar-refractivity contribution in [2.24, 2.45) is 0 Å². The highest BCUT2D eigenvalue weighted by atomic mass is 32.2. The number of urea groups is 1. The third-order valence-corrected chi connectivity index (χ3v) is 5.18. The Morgan fingerprint density at radius 3 is 2.56 bits per heavy atom.